The molecule has 0 saturated heterocycles. The lowest BCUT2D eigenvalue weighted by atomic mass is 10.1. The summed E-state index contributed by atoms with van der Waals surface area (Å²) >= 11 is 0. The molecule has 1 nitrogen and oxygen atoms in total. The van der Waals surface area contributed by atoms with Gasteiger partial charge in [-0.2, -0.15) is 0 Å². The minimum atomic E-state index is -1.69. The number of benzene rings is 1. The van der Waals surface area contributed by atoms with Crippen molar-refractivity contribution in [3.05, 3.63) is 29.3 Å². The Morgan fingerprint density at radius 3 is 2.00 bits per heavy atom. The second-order valence-electron chi connectivity index (χ2n) is 6.11. The van der Waals surface area contributed by atoms with Gasteiger partial charge < -0.3 is 4.43 Å². The molecule has 0 unspecified atom stereocenters. The maximum absolute atomic E-state index is 6.24. The first kappa shape index (κ1) is 13.3. The van der Waals surface area contributed by atoms with Gasteiger partial charge >= 0.3 is 0 Å². The van der Waals surface area contributed by atoms with E-state index in [1.54, 1.807) is 0 Å². The predicted octanol–water partition coefficient (Wildman–Crippen LogP) is 4.69. The molecule has 0 amide bonds. The van der Waals surface area contributed by atoms with Crippen LogP contribution in [0.15, 0.2) is 18.2 Å². The number of hydrogen-bond donors (Lipinski definition) is 0. The van der Waals surface area contributed by atoms with Crippen LogP contribution < -0.4 is 4.43 Å². The smallest absolute Gasteiger partial charge is 0.250 e. The van der Waals surface area contributed by atoms with E-state index in [0.717, 1.165) is 5.75 Å². The topological polar surface area (TPSA) is 9.23 Å². The van der Waals surface area contributed by atoms with Crippen LogP contribution in [0, 0.1) is 13.8 Å². The van der Waals surface area contributed by atoms with Crippen molar-refractivity contribution in [2.24, 2.45) is 0 Å². The summed E-state index contributed by atoms with van der Waals surface area (Å²) in [4.78, 5) is 0. The fourth-order valence-corrected chi connectivity index (χ4v) is 2.25. The lowest BCUT2D eigenvalue weighted by Gasteiger charge is -2.36. The predicted molar refractivity (Wildman–Crippen MR) is 73.7 cm³/mol. The third kappa shape index (κ3) is 2.88. The SMILES string of the molecule is Cc1ccc(O[Si](C)(C)C(C)(C)C)cc1C. The van der Waals surface area contributed by atoms with Gasteiger partial charge in [0.1, 0.15) is 5.75 Å². The molecule has 16 heavy (non-hydrogen) atoms. The Bertz CT molecular complexity index is 375. The van der Waals surface area contributed by atoms with Gasteiger partial charge in [0.25, 0.3) is 0 Å². The minimum Gasteiger partial charge on any atom is -0.543 e. The Balaban J connectivity index is 2.93. The Morgan fingerprint density at radius 1 is 1.00 bits per heavy atom. The van der Waals surface area contributed by atoms with Gasteiger partial charge in [-0.3, -0.25) is 0 Å². The third-order valence-electron chi connectivity index (χ3n) is 3.66. The van der Waals surface area contributed by atoms with Crippen LogP contribution in [0.3, 0.4) is 0 Å². The summed E-state index contributed by atoms with van der Waals surface area (Å²) in [5.41, 5.74) is 2.62. The zero-order chi connectivity index (χ0) is 12.6. The van der Waals surface area contributed by atoms with E-state index < -0.39 is 8.32 Å². The van der Waals surface area contributed by atoms with E-state index in [1.807, 2.05) is 0 Å². The van der Waals surface area contributed by atoms with Crippen molar-refractivity contribution in [2.45, 2.75) is 52.8 Å². The zero-order valence-corrected chi connectivity index (χ0v) is 12.6. The lowest BCUT2D eigenvalue weighted by Crippen LogP contribution is -2.43. The molecule has 0 heterocycles. The van der Waals surface area contributed by atoms with Crippen molar-refractivity contribution in [1.29, 1.82) is 0 Å². The molecule has 0 aliphatic heterocycles. The highest BCUT2D eigenvalue weighted by Gasteiger charge is 2.38. The molecule has 0 fully saturated rings. The molecule has 2 heteroatoms. The monoisotopic (exact) mass is 236 g/mol. The Hall–Kier alpha value is -0.763. The molecule has 0 aliphatic rings. The molecule has 0 aliphatic carbocycles. The zero-order valence-electron chi connectivity index (χ0n) is 11.6. The molecule has 90 valence electrons. The van der Waals surface area contributed by atoms with Crippen LogP contribution in [0.4, 0.5) is 0 Å². The van der Waals surface area contributed by atoms with Crippen molar-refractivity contribution in [1.82, 2.24) is 0 Å². The summed E-state index contributed by atoms with van der Waals surface area (Å²) in [6.07, 6.45) is 0. The second-order valence-corrected chi connectivity index (χ2v) is 10.8. The molecule has 0 spiro atoms. The first-order valence-electron chi connectivity index (χ1n) is 5.90. The summed E-state index contributed by atoms with van der Waals surface area (Å²) in [5, 5.41) is 0.256. The molecule has 1 rings (SSSR count). The van der Waals surface area contributed by atoms with Gasteiger partial charge in [-0.15, -0.1) is 0 Å². The summed E-state index contributed by atoms with van der Waals surface area (Å²) < 4.78 is 6.24. The van der Waals surface area contributed by atoms with Crippen LogP contribution in [0.25, 0.3) is 0 Å². The van der Waals surface area contributed by atoms with E-state index in [4.69, 9.17) is 4.43 Å². The van der Waals surface area contributed by atoms with Gasteiger partial charge in [-0.05, 0) is 55.2 Å². The molecule has 1 aromatic rings. The Labute approximate surface area is 101 Å². The molecule has 0 radical (unpaired) electrons. The molecule has 0 atom stereocenters. The first-order valence-corrected chi connectivity index (χ1v) is 8.80. The summed E-state index contributed by atoms with van der Waals surface area (Å²) in [6, 6.07) is 6.37. The average Bonchev–Trinajstić information content (AvgIpc) is 2.09. The normalized spacial score (nSPS) is 12.7. The average molecular weight is 236 g/mol. The molecule has 0 aromatic heterocycles. The van der Waals surface area contributed by atoms with Crippen molar-refractivity contribution in [2.75, 3.05) is 0 Å². The fourth-order valence-electron chi connectivity index (χ4n) is 1.23. The number of rotatable bonds is 2. The van der Waals surface area contributed by atoms with Crippen LogP contribution in [-0.2, 0) is 0 Å². The van der Waals surface area contributed by atoms with Crippen LogP contribution in [0.2, 0.25) is 18.1 Å². The molecule has 0 bridgehead atoms. The van der Waals surface area contributed by atoms with Crippen LogP contribution in [-0.4, -0.2) is 8.32 Å². The Kier molecular flexibility index (Phi) is 3.53. The van der Waals surface area contributed by atoms with E-state index in [2.05, 4.69) is 65.9 Å². The van der Waals surface area contributed by atoms with Crippen LogP contribution >= 0.6 is 0 Å². The van der Waals surface area contributed by atoms with Crippen LogP contribution in [0.5, 0.6) is 5.75 Å². The van der Waals surface area contributed by atoms with E-state index in [9.17, 15) is 0 Å². The summed E-state index contributed by atoms with van der Waals surface area (Å²) in [5.74, 6) is 1.02. The van der Waals surface area contributed by atoms with E-state index in [0.29, 0.717) is 0 Å². The van der Waals surface area contributed by atoms with E-state index in [-0.39, 0.29) is 5.04 Å². The standard InChI is InChI=1S/C14H24OSi/c1-11-8-9-13(10-12(11)2)15-16(6,7)14(3,4)5/h8-10H,1-7H3. The van der Waals surface area contributed by atoms with Gasteiger partial charge in [0.2, 0.25) is 8.32 Å². The van der Waals surface area contributed by atoms with Gasteiger partial charge in [0.15, 0.2) is 0 Å². The highest BCUT2D eigenvalue weighted by molar-refractivity contribution is 6.74. The van der Waals surface area contributed by atoms with Gasteiger partial charge in [0.05, 0.1) is 0 Å². The van der Waals surface area contributed by atoms with Crippen LogP contribution in [0.1, 0.15) is 31.9 Å². The molecule has 1 aromatic carbocycles. The first-order chi connectivity index (χ1) is 7.13. The largest absolute Gasteiger partial charge is 0.543 e. The second kappa shape index (κ2) is 4.25. The molecular formula is C14H24OSi. The van der Waals surface area contributed by atoms with E-state index >= 15 is 0 Å². The van der Waals surface area contributed by atoms with Crippen molar-refractivity contribution in [3.63, 3.8) is 0 Å². The van der Waals surface area contributed by atoms with Gasteiger partial charge in [-0.1, -0.05) is 26.8 Å². The highest BCUT2D eigenvalue weighted by Crippen LogP contribution is 2.37. The molecule has 0 N–H and O–H groups in total. The summed E-state index contributed by atoms with van der Waals surface area (Å²) in [6.45, 7) is 15.6. The number of hydrogen-bond acceptors (Lipinski definition) is 1. The van der Waals surface area contributed by atoms with Gasteiger partial charge in [-0.25, -0.2) is 0 Å². The fraction of sp³-hybridized carbons (Fsp3) is 0.571. The van der Waals surface area contributed by atoms with Crippen molar-refractivity contribution in [3.8, 4) is 5.75 Å². The Morgan fingerprint density at radius 2 is 1.56 bits per heavy atom. The molecular weight excluding hydrogens is 212 g/mol. The summed E-state index contributed by atoms with van der Waals surface area (Å²) in [7, 11) is -1.69. The maximum atomic E-state index is 6.24. The molecule has 0 saturated carbocycles. The van der Waals surface area contributed by atoms with Crippen molar-refractivity contribution >= 4 is 8.32 Å². The minimum absolute atomic E-state index is 0.256. The number of aryl methyl sites for hydroxylation is 2. The van der Waals surface area contributed by atoms with Gasteiger partial charge in [0, 0.05) is 0 Å². The maximum Gasteiger partial charge on any atom is 0.250 e. The van der Waals surface area contributed by atoms with E-state index in [1.165, 1.54) is 11.1 Å². The highest BCUT2D eigenvalue weighted by atomic mass is 28.4. The lowest BCUT2D eigenvalue weighted by molar-refractivity contribution is 0.492. The third-order valence-corrected chi connectivity index (χ3v) is 8.02. The quantitative estimate of drug-likeness (QED) is 0.677. The van der Waals surface area contributed by atoms with Crippen molar-refractivity contribution < 1.29 is 4.43 Å².